The first-order valence-corrected chi connectivity index (χ1v) is 8.04. The summed E-state index contributed by atoms with van der Waals surface area (Å²) in [5.41, 5.74) is 0.438. The van der Waals surface area contributed by atoms with Gasteiger partial charge in [-0.2, -0.15) is 0 Å². The number of amides is 2. The number of benzene rings is 1. The van der Waals surface area contributed by atoms with Gasteiger partial charge in [-0.15, -0.1) is 11.3 Å². The second-order valence-electron chi connectivity index (χ2n) is 4.83. The molecule has 120 valence electrons. The third-order valence-corrected chi connectivity index (χ3v) is 4.41. The molecule has 1 fully saturated rings. The monoisotopic (exact) mass is 358 g/mol. The third kappa shape index (κ3) is 2.97. The number of carbonyl (C=O) groups excluding carboxylic acids is 2. The molecule has 0 aliphatic carbocycles. The Kier molecular flexibility index (Phi) is 4.24. The standard InChI is InChI=1S/C16H10N2O4S2/c19-13-12(8-11-2-1-7-24-11)14(20)18(16(23)17-13)10-5-3-9(4-6-10)15(21)22/h1-8H,(H,21,22)(H,17,19,23)/b12-8+. The van der Waals surface area contributed by atoms with E-state index in [0.29, 0.717) is 5.69 Å². The largest absolute Gasteiger partial charge is 0.478 e. The molecule has 2 N–H and O–H groups in total. The van der Waals surface area contributed by atoms with Crippen LogP contribution < -0.4 is 10.2 Å². The maximum Gasteiger partial charge on any atom is 0.335 e. The van der Waals surface area contributed by atoms with Gasteiger partial charge in [0.05, 0.1) is 11.3 Å². The average Bonchev–Trinajstić information content (AvgIpc) is 3.05. The first kappa shape index (κ1) is 16.0. The fourth-order valence-electron chi connectivity index (χ4n) is 2.16. The van der Waals surface area contributed by atoms with E-state index in [1.807, 2.05) is 11.4 Å². The minimum absolute atomic E-state index is 0.0339. The van der Waals surface area contributed by atoms with Gasteiger partial charge >= 0.3 is 5.97 Å². The highest BCUT2D eigenvalue weighted by Gasteiger charge is 2.34. The van der Waals surface area contributed by atoms with Crippen LogP contribution in [0.15, 0.2) is 47.4 Å². The maximum absolute atomic E-state index is 12.7. The van der Waals surface area contributed by atoms with Crippen molar-refractivity contribution in [3.8, 4) is 0 Å². The highest BCUT2D eigenvalue weighted by Crippen LogP contribution is 2.23. The fraction of sp³-hybridized carbons (Fsp3) is 0. The molecule has 1 aliphatic heterocycles. The lowest BCUT2D eigenvalue weighted by molar-refractivity contribution is -0.122. The molecule has 3 rings (SSSR count). The van der Waals surface area contributed by atoms with Crippen molar-refractivity contribution >= 4 is 58.2 Å². The molecule has 1 aromatic heterocycles. The molecule has 2 amide bonds. The molecule has 2 heterocycles. The summed E-state index contributed by atoms with van der Waals surface area (Å²) in [5, 5.41) is 13.2. The summed E-state index contributed by atoms with van der Waals surface area (Å²) in [6, 6.07) is 9.27. The minimum Gasteiger partial charge on any atom is -0.478 e. The Morgan fingerprint density at radius 2 is 1.92 bits per heavy atom. The van der Waals surface area contributed by atoms with Gasteiger partial charge in [0.25, 0.3) is 11.8 Å². The van der Waals surface area contributed by atoms with Crippen LogP contribution in [0.25, 0.3) is 6.08 Å². The van der Waals surface area contributed by atoms with Crippen LogP contribution in [-0.2, 0) is 9.59 Å². The summed E-state index contributed by atoms with van der Waals surface area (Å²) >= 11 is 6.48. The smallest absolute Gasteiger partial charge is 0.335 e. The second-order valence-corrected chi connectivity index (χ2v) is 6.19. The molecule has 0 atom stereocenters. The molecule has 0 bridgehead atoms. The van der Waals surface area contributed by atoms with E-state index >= 15 is 0 Å². The topological polar surface area (TPSA) is 86.7 Å². The predicted octanol–water partition coefficient (Wildman–Crippen LogP) is 2.28. The molecule has 8 heteroatoms. The predicted molar refractivity (Wildman–Crippen MR) is 93.9 cm³/mol. The number of aromatic carboxylic acids is 1. The van der Waals surface area contributed by atoms with E-state index in [1.54, 1.807) is 6.07 Å². The number of hydrogen-bond acceptors (Lipinski definition) is 5. The van der Waals surface area contributed by atoms with Gasteiger partial charge < -0.3 is 5.11 Å². The fourth-order valence-corrected chi connectivity index (χ4v) is 3.10. The molecule has 1 aliphatic rings. The Balaban J connectivity index is 1.98. The molecular weight excluding hydrogens is 348 g/mol. The lowest BCUT2D eigenvalue weighted by atomic mass is 10.1. The van der Waals surface area contributed by atoms with Crippen LogP contribution in [0.2, 0.25) is 0 Å². The van der Waals surface area contributed by atoms with Gasteiger partial charge in [-0.25, -0.2) is 4.79 Å². The van der Waals surface area contributed by atoms with Crippen molar-refractivity contribution in [1.82, 2.24) is 5.32 Å². The summed E-state index contributed by atoms with van der Waals surface area (Å²) in [6.45, 7) is 0. The zero-order valence-electron chi connectivity index (χ0n) is 12.1. The van der Waals surface area contributed by atoms with Crippen LogP contribution in [0.1, 0.15) is 15.2 Å². The molecule has 0 radical (unpaired) electrons. The zero-order chi connectivity index (χ0) is 17.3. The number of nitrogens with one attached hydrogen (secondary N) is 1. The highest BCUT2D eigenvalue weighted by atomic mass is 32.1. The van der Waals surface area contributed by atoms with Crippen molar-refractivity contribution in [2.24, 2.45) is 0 Å². The number of carbonyl (C=O) groups is 3. The summed E-state index contributed by atoms with van der Waals surface area (Å²) < 4.78 is 0. The summed E-state index contributed by atoms with van der Waals surface area (Å²) in [4.78, 5) is 37.6. The van der Waals surface area contributed by atoms with Crippen molar-refractivity contribution in [2.75, 3.05) is 4.90 Å². The second kappa shape index (κ2) is 6.34. The van der Waals surface area contributed by atoms with Gasteiger partial charge in [-0.1, -0.05) is 6.07 Å². The number of carboxylic acid groups (broad SMARTS) is 1. The van der Waals surface area contributed by atoms with Crippen molar-refractivity contribution in [3.05, 3.63) is 57.8 Å². The van der Waals surface area contributed by atoms with Crippen LogP contribution in [0, 0.1) is 0 Å². The van der Waals surface area contributed by atoms with E-state index in [1.165, 1.54) is 46.6 Å². The Hall–Kier alpha value is -2.84. The van der Waals surface area contributed by atoms with E-state index in [4.69, 9.17) is 17.3 Å². The number of hydrogen-bond donors (Lipinski definition) is 2. The summed E-state index contributed by atoms with van der Waals surface area (Å²) in [7, 11) is 0. The maximum atomic E-state index is 12.7. The Bertz CT molecular complexity index is 870. The van der Waals surface area contributed by atoms with Crippen LogP contribution in [0.3, 0.4) is 0 Å². The number of thiocarbonyl (C=S) groups is 1. The van der Waals surface area contributed by atoms with Crippen LogP contribution in [0.5, 0.6) is 0 Å². The van der Waals surface area contributed by atoms with Gasteiger partial charge in [0.2, 0.25) is 0 Å². The quantitative estimate of drug-likeness (QED) is 0.499. The van der Waals surface area contributed by atoms with Crippen LogP contribution in [0.4, 0.5) is 5.69 Å². The third-order valence-electron chi connectivity index (χ3n) is 3.30. The molecule has 0 spiro atoms. The SMILES string of the molecule is O=C1NC(=S)N(c2ccc(C(=O)O)cc2)C(=O)/C1=C/c1cccs1. The Morgan fingerprint density at radius 3 is 2.50 bits per heavy atom. The number of nitrogens with zero attached hydrogens (tertiary/aromatic N) is 1. The first-order valence-electron chi connectivity index (χ1n) is 6.75. The Morgan fingerprint density at radius 1 is 1.21 bits per heavy atom. The number of thiophene rings is 1. The number of anilines is 1. The van der Waals surface area contributed by atoms with Gasteiger partial charge in [-0.3, -0.25) is 19.8 Å². The highest BCUT2D eigenvalue weighted by molar-refractivity contribution is 7.80. The van der Waals surface area contributed by atoms with Gasteiger partial charge in [0.15, 0.2) is 5.11 Å². The number of carboxylic acids is 1. The molecule has 0 unspecified atom stereocenters. The molecule has 2 aromatic rings. The van der Waals surface area contributed by atoms with Crippen molar-refractivity contribution in [3.63, 3.8) is 0 Å². The molecular formula is C16H10N2O4S2. The summed E-state index contributed by atoms with van der Waals surface area (Å²) in [6.07, 6.45) is 1.50. The lowest BCUT2D eigenvalue weighted by Gasteiger charge is -2.28. The summed E-state index contributed by atoms with van der Waals surface area (Å²) in [5.74, 6) is -2.18. The minimum atomic E-state index is -1.07. The van der Waals surface area contributed by atoms with Crippen molar-refractivity contribution < 1.29 is 19.5 Å². The van der Waals surface area contributed by atoms with E-state index in [-0.39, 0.29) is 16.2 Å². The van der Waals surface area contributed by atoms with Gasteiger partial charge in [0, 0.05) is 4.88 Å². The van der Waals surface area contributed by atoms with Crippen molar-refractivity contribution in [1.29, 1.82) is 0 Å². The van der Waals surface area contributed by atoms with Gasteiger partial charge in [0.1, 0.15) is 5.57 Å². The van der Waals surface area contributed by atoms with Crippen LogP contribution in [-0.4, -0.2) is 28.0 Å². The molecule has 24 heavy (non-hydrogen) atoms. The molecule has 1 saturated heterocycles. The number of rotatable bonds is 3. The van der Waals surface area contributed by atoms with E-state index in [9.17, 15) is 14.4 Å². The van der Waals surface area contributed by atoms with E-state index < -0.39 is 17.8 Å². The Labute approximate surface area is 146 Å². The molecule has 6 nitrogen and oxygen atoms in total. The first-order chi connectivity index (χ1) is 11.5. The van der Waals surface area contributed by atoms with Crippen LogP contribution >= 0.6 is 23.6 Å². The molecule has 0 saturated carbocycles. The molecule has 1 aromatic carbocycles. The van der Waals surface area contributed by atoms with E-state index in [2.05, 4.69) is 5.32 Å². The zero-order valence-corrected chi connectivity index (χ0v) is 13.7. The van der Waals surface area contributed by atoms with Gasteiger partial charge in [-0.05, 0) is 54.0 Å². The normalized spacial score (nSPS) is 16.4. The van der Waals surface area contributed by atoms with E-state index in [0.717, 1.165) is 4.88 Å². The average molecular weight is 358 g/mol. The lowest BCUT2D eigenvalue weighted by Crippen LogP contribution is -2.54. The van der Waals surface area contributed by atoms with Crippen molar-refractivity contribution in [2.45, 2.75) is 0 Å².